The molecule has 6 heteroatoms. The minimum absolute atomic E-state index is 0.0756. The van der Waals surface area contributed by atoms with Crippen molar-refractivity contribution >= 4 is 18.2 Å². The molecule has 31 heavy (non-hydrogen) atoms. The van der Waals surface area contributed by atoms with E-state index >= 15 is 0 Å². The van der Waals surface area contributed by atoms with Crippen molar-refractivity contribution < 1.29 is 9.90 Å². The van der Waals surface area contributed by atoms with E-state index < -0.39 is 5.97 Å². The molecule has 0 saturated carbocycles. The molecule has 0 atom stereocenters. The molecule has 0 saturated heterocycles. The van der Waals surface area contributed by atoms with Crippen LogP contribution in [0, 0.1) is 4.64 Å². The third-order valence-electron chi connectivity index (χ3n) is 5.71. The fraction of sp³-hybridized carbons (Fsp3) is 0.0800. The number of hydrogen-bond acceptors (Lipinski definition) is 3. The molecule has 5 nitrogen and oxygen atoms in total. The van der Waals surface area contributed by atoms with E-state index in [1.165, 1.54) is 17.2 Å². The lowest BCUT2D eigenvalue weighted by Gasteiger charge is -2.16. The van der Waals surface area contributed by atoms with Gasteiger partial charge in [0, 0.05) is 17.7 Å². The number of fused-ring (bicyclic) bond motifs is 3. The number of benzene rings is 3. The number of carbonyl (C=O) groups is 1. The highest BCUT2D eigenvalue weighted by atomic mass is 32.1. The lowest BCUT2D eigenvalue weighted by atomic mass is 9.91. The Morgan fingerprint density at radius 3 is 2.23 bits per heavy atom. The number of aromatic carboxylic acids is 1. The van der Waals surface area contributed by atoms with Crippen LogP contribution in [-0.2, 0) is 6.54 Å². The first-order chi connectivity index (χ1) is 15.0. The summed E-state index contributed by atoms with van der Waals surface area (Å²) in [4.78, 5) is 26.7. The summed E-state index contributed by atoms with van der Waals surface area (Å²) in [6.45, 7) is 0.245. The average molecular weight is 426 g/mol. The first kappa shape index (κ1) is 19.2. The van der Waals surface area contributed by atoms with Gasteiger partial charge in [0.1, 0.15) is 4.64 Å². The Bertz CT molecular complexity index is 1410. The van der Waals surface area contributed by atoms with Crippen molar-refractivity contribution in [3.8, 4) is 11.1 Å². The van der Waals surface area contributed by atoms with Crippen molar-refractivity contribution in [2.45, 2.75) is 12.5 Å². The van der Waals surface area contributed by atoms with Crippen LogP contribution in [-0.4, -0.2) is 20.6 Å². The average Bonchev–Trinajstić information content (AvgIpc) is 3.10. The maximum absolute atomic E-state index is 12.6. The van der Waals surface area contributed by atoms with Gasteiger partial charge >= 0.3 is 11.7 Å². The Morgan fingerprint density at radius 1 is 0.935 bits per heavy atom. The van der Waals surface area contributed by atoms with Crippen molar-refractivity contribution in [2.24, 2.45) is 0 Å². The number of nitrogens with zero attached hydrogens (tertiary/aromatic N) is 1. The van der Waals surface area contributed by atoms with Gasteiger partial charge in [-0.05, 0) is 39.9 Å². The first-order valence-corrected chi connectivity index (χ1v) is 10.3. The minimum atomic E-state index is -0.999. The Balaban J connectivity index is 1.64. The second kappa shape index (κ2) is 7.49. The highest BCUT2D eigenvalue weighted by molar-refractivity contribution is 7.71. The summed E-state index contributed by atoms with van der Waals surface area (Å²) in [7, 11) is 0. The van der Waals surface area contributed by atoms with Crippen LogP contribution in [0.25, 0.3) is 11.1 Å². The van der Waals surface area contributed by atoms with E-state index in [9.17, 15) is 14.7 Å². The maximum Gasteiger partial charge on any atom is 0.335 e. The molecule has 152 valence electrons. The van der Waals surface area contributed by atoms with Gasteiger partial charge in [0.25, 0.3) is 0 Å². The molecule has 2 N–H and O–H groups in total. The third kappa shape index (κ3) is 3.31. The molecule has 0 bridgehead atoms. The van der Waals surface area contributed by atoms with E-state index in [0.29, 0.717) is 4.64 Å². The predicted molar refractivity (Wildman–Crippen MR) is 121 cm³/mol. The molecule has 0 unspecified atom stereocenters. The fourth-order valence-electron chi connectivity index (χ4n) is 4.34. The Hall–Kier alpha value is -3.77. The van der Waals surface area contributed by atoms with Crippen molar-refractivity contribution in [2.75, 3.05) is 0 Å². The van der Waals surface area contributed by atoms with Gasteiger partial charge in [-0.3, -0.25) is 9.55 Å². The summed E-state index contributed by atoms with van der Waals surface area (Å²) in [5.74, 6) is -1.07. The second-order valence-corrected chi connectivity index (χ2v) is 7.99. The normalized spacial score (nSPS) is 12.4. The number of carboxylic acids is 1. The number of carboxylic acid groups (broad SMARTS) is 1. The van der Waals surface area contributed by atoms with Crippen molar-refractivity contribution in [1.82, 2.24) is 9.55 Å². The number of nitrogens with one attached hydrogen (secondary N) is 1. The van der Waals surface area contributed by atoms with Gasteiger partial charge in [-0.2, -0.15) is 0 Å². The third-order valence-corrected chi connectivity index (χ3v) is 6.05. The Labute approximate surface area is 183 Å². The number of hydrogen-bond donors (Lipinski definition) is 2. The SMILES string of the molecule is O=C(O)c1cccc(Cn2cc(C3c4ccccc4-c4ccccc43)c(=S)[nH]c2=O)c1. The van der Waals surface area contributed by atoms with E-state index in [0.717, 1.165) is 22.3 Å². The summed E-state index contributed by atoms with van der Waals surface area (Å²) < 4.78 is 1.97. The highest BCUT2D eigenvalue weighted by Crippen LogP contribution is 2.47. The summed E-state index contributed by atoms with van der Waals surface area (Å²) in [6, 6.07) is 23.1. The fourth-order valence-corrected chi connectivity index (χ4v) is 4.60. The number of rotatable bonds is 4. The van der Waals surface area contributed by atoms with Crippen LogP contribution in [0.5, 0.6) is 0 Å². The van der Waals surface area contributed by atoms with Crippen molar-refractivity contribution in [3.63, 3.8) is 0 Å². The summed E-state index contributed by atoms with van der Waals surface area (Å²) >= 11 is 5.57. The van der Waals surface area contributed by atoms with Gasteiger partial charge in [-0.25, -0.2) is 9.59 Å². The van der Waals surface area contributed by atoms with Crippen LogP contribution in [0.4, 0.5) is 0 Å². The molecule has 0 fully saturated rings. The van der Waals surface area contributed by atoms with Crippen LogP contribution in [0.1, 0.15) is 38.5 Å². The minimum Gasteiger partial charge on any atom is -0.478 e. The van der Waals surface area contributed by atoms with Gasteiger partial charge in [0.2, 0.25) is 0 Å². The van der Waals surface area contributed by atoms with Gasteiger partial charge in [-0.1, -0.05) is 72.9 Å². The smallest absolute Gasteiger partial charge is 0.335 e. The highest BCUT2D eigenvalue weighted by Gasteiger charge is 2.30. The lowest BCUT2D eigenvalue weighted by molar-refractivity contribution is 0.0696. The van der Waals surface area contributed by atoms with E-state index in [1.807, 2.05) is 24.3 Å². The van der Waals surface area contributed by atoms with Crippen molar-refractivity contribution in [3.05, 3.63) is 122 Å². The molecule has 5 rings (SSSR count). The molecule has 1 aromatic heterocycles. The van der Waals surface area contributed by atoms with Crippen LogP contribution >= 0.6 is 12.2 Å². The van der Waals surface area contributed by atoms with Crippen molar-refractivity contribution in [1.29, 1.82) is 0 Å². The van der Waals surface area contributed by atoms with Gasteiger partial charge in [0.05, 0.1) is 12.1 Å². The van der Waals surface area contributed by atoms with Gasteiger partial charge in [-0.15, -0.1) is 0 Å². The maximum atomic E-state index is 12.6. The summed E-state index contributed by atoms with van der Waals surface area (Å²) in [6.07, 6.45) is 1.80. The molecule has 3 aromatic carbocycles. The first-order valence-electron chi connectivity index (χ1n) is 9.87. The quantitative estimate of drug-likeness (QED) is 0.404. The number of H-pyrrole nitrogens is 1. The van der Waals surface area contributed by atoms with Crippen LogP contribution in [0.15, 0.2) is 83.8 Å². The monoisotopic (exact) mass is 426 g/mol. The molecule has 0 amide bonds. The second-order valence-electron chi connectivity index (χ2n) is 7.58. The van der Waals surface area contributed by atoms with Crippen LogP contribution in [0.3, 0.4) is 0 Å². The zero-order valence-electron chi connectivity index (χ0n) is 16.4. The lowest BCUT2D eigenvalue weighted by Crippen LogP contribution is -2.25. The van der Waals surface area contributed by atoms with Crippen LogP contribution in [0.2, 0.25) is 0 Å². The molecule has 0 radical (unpaired) electrons. The predicted octanol–water partition coefficient (Wildman–Crippen LogP) is 4.81. The molecular weight excluding hydrogens is 408 g/mol. The Morgan fingerprint density at radius 2 is 1.58 bits per heavy atom. The molecule has 4 aromatic rings. The van der Waals surface area contributed by atoms with Crippen LogP contribution < -0.4 is 5.69 Å². The topological polar surface area (TPSA) is 75.1 Å². The van der Waals surface area contributed by atoms with E-state index in [4.69, 9.17) is 12.2 Å². The van der Waals surface area contributed by atoms with E-state index in [-0.39, 0.29) is 23.7 Å². The molecule has 0 aliphatic heterocycles. The molecule has 1 heterocycles. The molecule has 1 aliphatic carbocycles. The Kier molecular flexibility index (Phi) is 4.64. The standard InChI is InChI=1S/C25H18N2O3S/c28-24(29)16-7-5-6-15(12-16)13-27-14-21(23(31)26-25(27)30)22-19-10-3-1-8-17(19)18-9-2-4-11-20(18)22/h1-12,14,22H,13H2,(H,28,29)(H,26,30,31). The number of aromatic amines is 1. The summed E-state index contributed by atoms with van der Waals surface area (Å²) in [5.41, 5.74) is 6.09. The van der Waals surface area contributed by atoms with Gasteiger partial charge in [0.15, 0.2) is 0 Å². The van der Waals surface area contributed by atoms with E-state index in [1.54, 1.807) is 29.0 Å². The zero-order valence-corrected chi connectivity index (χ0v) is 17.2. The summed E-state index contributed by atoms with van der Waals surface area (Å²) in [5, 5.41) is 9.25. The molecule has 0 spiro atoms. The molecular formula is C25H18N2O3S. The van der Waals surface area contributed by atoms with Gasteiger partial charge < -0.3 is 5.11 Å². The number of aromatic nitrogens is 2. The molecule has 1 aliphatic rings. The largest absolute Gasteiger partial charge is 0.478 e. The zero-order chi connectivity index (χ0) is 21.5. The van der Waals surface area contributed by atoms with E-state index in [2.05, 4.69) is 29.2 Å².